The van der Waals surface area contributed by atoms with E-state index in [1.165, 1.54) is 45.2 Å². The Morgan fingerprint density at radius 2 is 1.74 bits per heavy atom. The van der Waals surface area contributed by atoms with Gasteiger partial charge in [-0.2, -0.15) is 0 Å². The van der Waals surface area contributed by atoms with Crippen LogP contribution >= 0.6 is 0 Å². The fourth-order valence-electron chi connectivity index (χ4n) is 3.13. The van der Waals surface area contributed by atoms with Crippen molar-refractivity contribution < 1.29 is 9.53 Å². The summed E-state index contributed by atoms with van der Waals surface area (Å²) in [4.78, 5) is 14.0. The second kappa shape index (κ2) is 9.35. The van der Waals surface area contributed by atoms with E-state index in [2.05, 4.69) is 18.7 Å². The Hall–Kier alpha value is -0.570. The Morgan fingerprint density at radius 1 is 1.11 bits per heavy atom. The highest BCUT2D eigenvalue weighted by Crippen LogP contribution is 2.31. The summed E-state index contributed by atoms with van der Waals surface area (Å²) < 4.78 is 5.04. The third-order valence-corrected chi connectivity index (χ3v) is 4.23. The van der Waals surface area contributed by atoms with E-state index in [1.54, 1.807) is 0 Å². The van der Waals surface area contributed by atoms with Crippen molar-refractivity contribution in [2.24, 2.45) is 11.8 Å². The molecule has 1 saturated carbocycles. The first-order valence-electron chi connectivity index (χ1n) is 8.07. The van der Waals surface area contributed by atoms with Gasteiger partial charge in [-0.15, -0.1) is 0 Å². The zero-order chi connectivity index (χ0) is 14.1. The molecule has 0 N–H and O–H groups in total. The normalized spacial score (nSPS) is 23.6. The quantitative estimate of drug-likeness (QED) is 0.632. The predicted molar refractivity (Wildman–Crippen MR) is 79.1 cm³/mol. The predicted octanol–water partition coefficient (Wildman–Crippen LogP) is 3.48. The largest absolute Gasteiger partial charge is 0.466 e. The van der Waals surface area contributed by atoms with E-state index < -0.39 is 0 Å². The van der Waals surface area contributed by atoms with Crippen LogP contribution in [0.15, 0.2) is 0 Å². The van der Waals surface area contributed by atoms with Crippen LogP contribution in [0, 0.1) is 11.8 Å². The molecule has 0 atom stereocenters. The van der Waals surface area contributed by atoms with Crippen LogP contribution in [0.2, 0.25) is 0 Å². The fraction of sp³-hybridized carbons (Fsp3) is 0.938. The molecule has 3 heteroatoms. The topological polar surface area (TPSA) is 29.5 Å². The summed E-state index contributed by atoms with van der Waals surface area (Å²) in [5.74, 6) is 1.40. The maximum absolute atomic E-state index is 11.5. The van der Waals surface area contributed by atoms with Gasteiger partial charge >= 0.3 is 5.97 Å². The monoisotopic (exact) mass is 269 g/mol. The Morgan fingerprint density at radius 3 is 2.26 bits per heavy atom. The molecular weight excluding hydrogens is 238 g/mol. The molecule has 0 aliphatic heterocycles. The molecule has 0 aromatic rings. The van der Waals surface area contributed by atoms with Gasteiger partial charge in [0.15, 0.2) is 0 Å². The molecule has 0 heterocycles. The fourth-order valence-corrected chi connectivity index (χ4v) is 3.13. The van der Waals surface area contributed by atoms with Gasteiger partial charge in [-0.25, -0.2) is 0 Å². The lowest BCUT2D eigenvalue weighted by Crippen LogP contribution is -2.32. The van der Waals surface area contributed by atoms with E-state index in [-0.39, 0.29) is 5.97 Å². The van der Waals surface area contributed by atoms with Gasteiger partial charge in [-0.1, -0.05) is 13.8 Å². The van der Waals surface area contributed by atoms with Crippen molar-refractivity contribution in [2.45, 2.75) is 59.3 Å². The summed E-state index contributed by atoms with van der Waals surface area (Å²) in [7, 11) is 0. The number of carbonyl (C=O) groups excluding carboxylic acids is 1. The molecular formula is C16H31NO2. The van der Waals surface area contributed by atoms with Crippen molar-refractivity contribution in [1.29, 1.82) is 0 Å². The van der Waals surface area contributed by atoms with Gasteiger partial charge in [0.2, 0.25) is 0 Å². The molecule has 0 saturated heterocycles. The van der Waals surface area contributed by atoms with E-state index >= 15 is 0 Å². The summed E-state index contributed by atoms with van der Waals surface area (Å²) in [5.41, 5.74) is 0. The van der Waals surface area contributed by atoms with Gasteiger partial charge in [-0.05, 0) is 64.0 Å². The number of carbonyl (C=O) groups is 1. The average Bonchev–Trinajstić information content (AvgIpc) is 2.40. The molecule has 1 aliphatic rings. The van der Waals surface area contributed by atoms with E-state index in [0.717, 1.165) is 12.5 Å². The molecule has 112 valence electrons. The van der Waals surface area contributed by atoms with Crippen LogP contribution in [0.4, 0.5) is 0 Å². The van der Waals surface area contributed by atoms with Gasteiger partial charge in [-0.3, -0.25) is 4.79 Å². The third-order valence-electron chi connectivity index (χ3n) is 4.23. The second-order valence-electron chi connectivity index (χ2n) is 5.79. The standard InChI is InChI=1S/C16H31NO2/c1-4-11-17(5-2)13-15-9-7-14(8-10-15)12-16(18)19-6-3/h14-15H,4-13H2,1-3H3/t14-,15-. The van der Waals surface area contributed by atoms with Crippen molar-refractivity contribution in [1.82, 2.24) is 4.90 Å². The number of nitrogens with zero attached hydrogens (tertiary/aromatic N) is 1. The molecule has 19 heavy (non-hydrogen) atoms. The molecule has 0 bridgehead atoms. The second-order valence-corrected chi connectivity index (χ2v) is 5.79. The van der Waals surface area contributed by atoms with Crippen molar-refractivity contribution >= 4 is 5.97 Å². The molecule has 0 unspecified atom stereocenters. The Balaban J connectivity index is 2.22. The molecule has 3 nitrogen and oxygen atoms in total. The minimum absolute atomic E-state index is 0.00730. The highest BCUT2D eigenvalue weighted by molar-refractivity contribution is 5.69. The van der Waals surface area contributed by atoms with Crippen molar-refractivity contribution in [3.63, 3.8) is 0 Å². The van der Waals surface area contributed by atoms with E-state index in [0.29, 0.717) is 18.9 Å². The number of ether oxygens (including phenoxy) is 1. The summed E-state index contributed by atoms with van der Waals surface area (Å²) in [6, 6.07) is 0. The van der Waals surface area contributed by atoms with Gasteiger partial charge in [0.1, 0.15) is 0 Å². The lowest BCUT2D eigenvalue weighted by molar-refractivity contribution is -0.144. The Kier molecular flexibility index (Phi) is 8.11. The Bertz CT molecular complexity index is 247. The van der Waals surface area contributed by atoms with Gasteiger partial charge in [0.05, 0.1) is 6.61 Å². The summed E-state index contributed by atoms with van der Waals surface area (Å²) in [6.45, 7) is 10.5. The minimum atomic E-state index is -0.00730. The first-order chi connectivity index (χ1) is 9.19. The van der Waals surface area contributed by atoms with Crippen LogP contribution in [-0.4, -0.2) is 37.1 Å². The smallest absolute Gasteiger partial charge is 0.306 e. The lowest BCUT2D eigenvalue weighted by Gasteiger charge is -2.32. The number of esters is 1. The van der Waals surface area contributed by atoms with Crippen LogP contribution < -0.4 is 0 Å². The van der Waals surface area contributed by atoms with Crippen molar-refractivity contribution in [3.8, 4) is 0 Å². The molecule has 0 aromatic heterocycles. The molecule has 1 rings (SSSR count). The zero-order valence-electron chi connectivity index (χ0n) is 13.0. The van der Waals surface area contributed by atoms with Crippen LogP contribution in [0.5, 0.6) is 0 Å². The molecule has 1 fully saturated rings. The number of hydrogen-bond donors (Lipinski definition) is 0. The molecule has 0 spiro atoms. The van der Waals surface area contributed by atoms with Crippen molar-refractivity contribution in [2.75, 3.05) is 26.2 Å². The van der Waals surface area contributed by atoms with E-state index in [1.807, 2.05) is 6.92 Å². The molecule has 0 radical (unpaired) electrons. The number of hydrogen-bond acceptors (Lipinski definition) is 3. The maximum atomic E-state index is 11.5. The minimum Gasteiger partial charge on any atom is -0.466 e. The van der Waals surface area contributed by atoms with Gasteiger partial charge < -0.3 is 9.64 Å². The first kappa shape index (κ1) is 16.5. The summed E-state index contributed by atoms with van der Waals surface area (Å²) in [6.07, 6.45) is 6.84. The van der Waals surface area contributed by atoms with Crippen LogP contribution in [0.1, 0.15) is 59.3 Å². The molecule has 0 aromatic carbocycles. The first-order valence-corrected chi connectivity index (χ1v) is 8.07. The molecule has 0 amide bonds. The maximum Gasteiger partial charge on any atom is 0.306 e. The van der Waals surface area contributed by atoms with Crippen LogP contribution in [0.25, 0.3) is 0 Å². The van der Waals surface area contributed by atoms with Crippen LogP contribution in [-0.2, 0) is 9.53 Å². The number of rotatable bonds is 8. The van der Waals surface area contributed by atoms with Gasteiger partial charge in [0.25, 0.3) is 0 Å². The highest BCUT2D eigenvalue weighted by atomic mass is 16.5. The highest BCUT2D eigenvalue weighted by Gasteiger charge is 2.24. The van der Waals surface area contributed by atoms with Gasteiger partial charge in [0, 0.05) is 13.0 Å². The van der Waals surface area contributed by atoms with Crippen molar-refractivity contribution in [3.05, 3.63) is 0 Å². The average molecular weight is 269 g/mol. The van der Waals surface area contributed by atoms with Crippen LogP contribution in [0.3, 0.4) is 0 Å². The SMILES string of the molecule is CCCN(CC)C[C@H]1CC[C@H](CC(=O)OCC)CC1. The molecule has 1 aliphatic carbocycles. The summed E-state index contributed by atoms with van der Waals surface area (Å²) in [5, 5.41) is 0. The lowest BCUT2D eigenvalue weighted by atomic mass is 9.80. The van der Waals surface area contributed by atoms with E-state index in [9.17, 15) is 4.79 Å². The van der Waals surface area contributed by atoms with E-state index in [4.69, 9.17) is 4.74 Å². The summed E-state index contributed by atoms with van der Waals surface area (Å²) >= 11 is 0. The Labute approximate surface area is 118 Å². The third kappa shape index (κ3) is 6.42. The zero-order valence-corrected chi connectivity index (χ0v) is 13.0.